The molecule has 4 aliphatic rings. The molecule has 4 atom stereocenters. The summed E-state index contributed by atoms with van der Waals surface area (Å²) < 4.78 is 0. The minimum absolute atomic E-state index is 0.0610. The lowest BCUT2D eigenvalue weighted by molar-refractivity contribution is -0.140. The molecule has 4 rings (SSSR count). The number of hydrogen-bond acceptors (Lipinski definition) is 2. The molecular formula is C31H51NO2. The third-order valence-corrected chi connectivity index (χ3v) is 9.79. The first kappa shape index (κ1) is 26.0. The summed E-state index contributed by atoms with van der Waals surface area (Å²) in [7, 11) is 0. The first-order chi connectivity index (χ1) is 16.3. The van der Waals surface area contributed by atoms with Crippen LogP contribution in [0.2, 0.25) is 0 Å². The van der Waals surface area contributed by atoms with E-state index >= 15 is 0 Å². The van der Waals surface area contributed by atoms with Gasteiger partial charge in [0.25, 0.3) is 0 Å². The molecule has 4 unspecified atom stereocenters. The molecule has 0 bridgehead atoms. The van der Waals surface area contributed by atoms with Gasteiger partial charge in [-0.2, -0.15) is 0 Å². The highest BCUT2D eigenvalue weighted by Crippen LogP contribution is 2.51. The Hall–Kier alpha value is -1.09. The van der Waals surface area contributed by atoms with Crippen LogP contribution in [0.25, 0.3) is 0 Å². The van der Waals surface area contributed by atoms with Crippen molar-refractivity contribution >= 4 is 5.97 Å². The van der Waals surface area contributed by atoms with E-state index in [0.29, 0.717) is 18.4 Å². The summed E-state index contributed by atoms with van der Waals surface area (Å²) in [6.07, 6.45) is 23.9. The Balaban J connectivity index is 1.65. The number of carboxylic acid groups (broad SMARTS) is 1. The van der Waals surface area contributed by atoms with E-state index in [1.165, 1.54) is 101 Å². The smallest absolute Gasteiger partial charge is 0.303 e. The predicted octanol–water partition coefficient (Wildman–Crippen LogP) is 8.01. The fraction of sp³-hybridized carbons (Fsp3) is 0.839. The summed E-state index contributed by atoms with van der Waals surface area (Å²) in [5.74, 6) is 1.81. The van der Waals surface area contributed by atoms with E-state index in [-0.39, 0.29) is 11.3 Å². The van der Waals surface area contributed by atoms with Gasteiger partial charge in [0.15, 0.2) is 0 Å². The van der Waals surface area contributed by atoms with Gasteiger partial charge in [-0.05, 0) is 87.9 Å². The maximum atomic E-state index is 12.0. The number of nitrogens with zero attached hydrogens (tertiary/aromatic N) is 1. The molecule has 3 nitrogen and oxygen atoms in total. The Kier molecular flexibility index (Phi) is 8.99. The minimum atomic E-state index is -0.603. The summed E-state index contributed by atoms with van der Waals surface area (Å²) in [4.78, 5) is 14.9. The number of carbonyl (C=O) groups is 1. The fourth-order valence-electron chi connectivity index (χ4n) is 8.72. The molecule has 4 aliphatic carbocycles. The SMILES string of the molecule is CC1=CC(C)(C2C(CC(=O)O)CCCC2N(CC2CCCCC2)CC2CCCCC2)CC(C)=C1. The normalized spacial score (nSPS) is 34.1. The average molecular weight is 470 g/mol. The Bertz CT molecular complexity index is 723. The Morgan fingerprint density at radius 3 is 2.03 bits per heavy atom. The molecular weight excluding hydrogens is 418 g/mol. The van der Waals surface area contributed by atoms with Gasteiger partial charge in [-0.1, -0.05) is 75.2 Å². The highest BCUT2D eigenvalue weighted by molar-refractivity contribution is 5.67. The van der Waals surface area contributed by atoms with Crippen molar-refractivity contribution in [2.75, 3.05) is 13.1 Å². The van der Waals surface area contributed by atoms with Gasteiger partial charge in [-0.3, -0.25) is 9.69 Å². The summed E-state index contributed by atoms with van der Waals surface area (Å²) in [5.41, 5.74) is 2.90. The molecule has 0 radical (unpaired) electrons. The van der Waals surface area contributed by atoms with Gasteiger partial charge in [0.05, 0.1) is 0 Å². The van der Waals surface area contributed by atoms with Crippen LogP contribution in [0.1, 0.15) is 117 Å². The topological polar surface area (TPSA) is 40.5 Å². The van der Waals surface area contributed by atoms with Crippen molar-refractivity contribution in [3.63, 3.8) is 0 Å². The van der Waals surface area contributed by atoms with Crippen LogP contribution in [-0.4, -0.2) is 35.1 Å². The minimum Gasteiger partial charge on any atom is -0.481 e. The largest absolute Gasteiger partial charge is 0.481 e. The molecule has 0 heterocycles. The van der Waals surface area contributed by atoms with Crippen LogP contribution in [-0.2, 0) is 4.79 Å². The zero-order valence-corrected chi connectivity index (χ0v) is 22.4. The van der Waals surface area contributed by atoms with E-state index in [2.05, 4.69) is 37.8 Å². The second-order valence-corrected chi connectivity index (χ2v) is 12.9. The third kappa shape index (κ3) is 6.56. The van der Waals surface area contributed by atoms with E-state index in [1.54, 1.807) is 0 Å². The maximum Gasteiger partial charge on any atom is 0.303 e. The van der Waals surface area contributed by atoms with Gasteiger partial charge >= 0.3 is 5.97 Å². The molecule has 0 saturated heterocycles. The molecule has 0 aromatic rings. The summed E-state index contributed by atoms with van der Waals surface area (Å²) in [6.45, 7) is 9.49. The molecule has 1 N–H and O–H groups in total. The van der Waals surface area contributed by atoms with Crippen LogP contribution in [0.15, 0.2) is 23.3 Å². The van der Waals surface area contributed by atoms with Crippen LogP contribution in [0.4, 0.5) is 0 Å². The lowest BCUT2D eigenvalue weighted by Gasteiger charge is -2.53. The monoisotopic (exact) mass is 469 g/mol. The number of aliphatic carboxylic acids is 1. The first-order valence-electron chi connectivity index (χ1n) is 14.7. The van der Waals surface area contributed by atoms with Crippen molar-refractivity contribution in [3.8, 4) is 0 Å². The maximum absolute atomic E-state index is 12.0. The number of hydrogen-bond donors (Lipinski definition) is 1. The van der Waals surface area contributed by atoms with E-state index in [1.807, 2.05) is 0 Å². The van der Waals surface area contributed by atoms with Gasteiger partial charge in [0, 0.05) is 25.6 Å². The highest BCUT2D eigenvalue weighted by atomic mass is 16.4. The van der Waals surface area contributed by atoms with Crippen molar-refractivity contribution in [3.05, 3.63) is 23.3 Å². The molecule has 3 saturated carbocycles. The first-order valence-corrected chi connectivity index (χ1v) is 14.7. The number of carboxylic acids is 1. The molecule has 0 aromatic carbocycles. The number of allylic oxidation sites excluding steroid dienone is 4. The van der Waals surface area contributed by atoms with Crippen LogP contribution < -0.4 is 0 Å². The Morgan fingerprint density at radius 2 is 1.50 bits per heavy atom. The summed E-state index contributed by atoms with van der Waals surface area (Å²) >= 11 is 0. The third-order valence-electron chi connectivity index (χ3n) is 9.79. The molecule has 0 spiro atoms. The van der Waals surface area contributed by atoms with Gasteiger partial charge in [0.2, 0.25) is 0 Å². The molecule has 192 valence electrons. The molecule has 0 amide bonds. The van der Waals surface area contributed by atoms with Crippen molar-refractivity contribution in [2.24, 2.45) is 29.1 Å². The van der Waals surface area contributed by atoms with Crippen molar-refractivity contribution in [2.45, 2.75) is 123 Å². The van der Waals surface area contributed by atoms with Crippen LogP contribution in [0.5, 0.6) is 0 Å². The van der Waals surface area contributed by atoms with Crippen molar-refractivity contribution in [1.29, 1.82) is 0 Å². The second-order valence-electron chi connectivity index (χ2n) is 12.9. The quantitative estimate of drug-likeness (QED) is 0.391. The van der Waals surface area contributed by atoms with E-state index in [9.17, 15) is 9.90 Å². The molecule has 0 aromatic heterocycles. The fourth-order valence-corrected chi connectivity index (χ4v) is 8.72. The van der Waals surface area contributed by atoms with Crippen LogP contribution in [0.3, 0.4) is 0 Å². The van der Waals surface area contributed by atoms with E-state index < -0.39 is 5.97 Å². The lowest BCUT2D eigenvalue weighted by Crippen LogP contribution is -2.54. The van der Waals surface area contributed by atoms with Crippen LogP contribution in [0, 0.1) is 29.1 Å². The zero-order chi connectivity index (χ0) is 24.1. The standard InChI is InChI=1S/C31H51NO2/c1-23-17-24(2)20-31(3,19-23)30-27(18-29(33)34)15-10-16-28(30)32(21-25-11-6-4-7-12-25)22-26-13-8-5-9-14-26/h17,19,25-28,30H,4-16,18,20-22H2,1-3H3,(H,33,34). The van der Waals surface area contributed by atoms with E-state index in [0.717, 1.165) is 24.7 Å². The van der Waals surface area contributed by atoms with Crippen molar-refractivity contribution < 1.29 is 9.90 Å². The Morgan fingerprint density at radius 1 is 0.912 bits per heavy atom. The summed E-state index contributed by atoms with van der Waals surface area (Å²) in [6, 6.07) is 0.530. The van der Waals surface area contributed by atoms with Gasteiger partial charge in [0.1, 0.15) is 0 Å². The molecule has 3 heteroatoms. The van der Waals surface area contributed by atoms with Crippen molar-refractivity contribution in [1.82, 2.24) is 4.90 Å². The lowest BCUT2D eigenvalue weighted by atomic mass is 9.58. The van der Waals surface area contributed by atoms with E-state index in [4.69, 9.17) is 0 Å². The molecule has 3 fully saturated rings. The number of rotatable bonds is 8. The molecule has 34 heavy (non-hydrogen) atoms. The average Bonchev–Trinajstić information content (AvgIpc) is 2.78. The van der Waals surface area contributed by atoms with Gasteiger partial charge in [-0.25, -0.2) is 0 Å². The van der Waals surface area contributed by atoms with Crippen LogP contribution >= 0.6 is 0 Å². The highest BCUT2D eigenvalue weighted by Gasteiger charge is 2.48. The zero-order valence-electron chi connectivity index (χ0n) is 22.4. The van der Waals surface area contributed by atoms with Gasteiger partial charge < -0.3 is 5.11 Å². The second kappa shape index (κ2) is 11.8. The Labute approximate surface area is 209 Å². The van der Waals surface area contributed by atoms with Gasteiger partial charge in [-0.15, -0.1) is 0 Å². The predicted molar refractivity (Wildman–Crippen MR) is 142 cm³/mol. The molecule has 0 aliphatic heterocycles. The summed E-state index contributed by atoms with van der Waals surface area (Å²) in [5, 5.41) is 9.88.